The molecule has 0 aromatic carbocycles. The number of amides is 1. The Morgan fingerprint density at radius 1 is 1.44 bits per heavy atom. The van der Waals surface area contributed by atoms with Crippen LogP contribution in [0.4, 0.5) is 4.79 Å². The topological polar surface area (TPSA) is 49.3 Å². The molecule has 0 bridgehead atoms. The Hall–Kier alpha value is -0.730. The minimum Gasteiger partial charge on any atom is -0.465 e. The van der Waals surface area contributed by atoms with Gasteiger partial charge in [-0.25, -0.2) is 4.79 Å². The molecule has 2 N–H and O–H groups in total. The van der Waals surface area contributed by atoms with Crippen LogP contribution in [0, 0.1) is 5.92 Å². The summed E-state index contributed by atoms with van der Waals surface area (Å²) >= 11 is 0. The third-order valence-corrected chi connectivity index (χ3v) is 1.35. The molecule has 0 aromatic heterocycles. The number of carbonyl (C=O) groups is 1. The maximum atomic E-state index is 10.0. The smallest absolute Gasteiger partial charge is 0.404 e. The van der Waals surface area contributed by atoms with Crippen molar-refractivity contribution in [3.05, 3.63) is 0 Å². The van der Waals surface area contributed by atoms with E-state index in [0.29, 0.717) is 5.92 Å². The molecule has 9 heavy (non-hydrogen) atoms. The van der Waals surface area contributed by atoms with Crippen LogP contribution in [-0.2, 0) is 0 Å². The molecular weight excluding hydrogens is 118 g/mol. The summed E-state index contributed by atoms with van der Waals surface area (Å²) in [5, 5.41) is 10.6. The summed E-state index contributed by atoms with van der Waals surface area (Å²) in [6, 6.07) is 0.0440. The summed E-state index contributed by atoms with van der Waals surface area (Å²) in [4.78, 5) is 10.0. The van der Waals surface area contributed by atoms with Gasteiger partial charge in [0.1, 0.15) is 0 Å². The fourth-order valence-electron chi connectivity index (χ4n) is 0.361. The van der Waals surface area contributed by atoms with Crippen molar-refractivity contribution < 1.29 is 9.90 Å². The highest BCUT2D eigenvalue weighted by atomic mass is 16.4. The van der Waals surface area contributed by atoms with Crippen LogP contribution in [0.5, 0.6) is 0 Å². The van der Waals surface area contributed by atoms with Crippen LogP contribution in [0.3, 0.4) is 0 Å². The van der Waals surface area contributed by atoms with Crippen molar-refractivity contribution in [3.63, 3.8) is 0 Å². The molecule has 0 saturated heterocycles. The SMILES string of the molecule is CC(C)C(C)NC(=O)O. The number of rotatable bonds is 2. The lowest BCUT2D eigenvalue weighted by molar-refractivity contribution is 0.187. The molecule has 0 heterocycles. The van der Waals surface area contributed by atoms with Gasteiger partial charge in [0, 0.05) is 6.04 Å². The molecular formula is C6H13NO2. The van der Waals surface area contributed by atoms with E-state index in [-0.39, 0.29) is 6.04 Å². The van der Waals surface area contributed by atoms with Crippen molar-refractivity contribution in [1.29, 1.82) is 0 Å². The molecule has 3 nitrogen and oxygen atoms in total. The normalized spacial score (nSPS) is 13.3. The molecule has 54 valence electrons. The average molecular weight is 131 g/mol. The summed E-state index contributed by atoms with van der Waals surface area (Å²) < 4.78 is 0. The van der Waals surface area contributed by atoms with Crippen molar-refractivity contribution in [2.45, 2.75) is 26.8 Å². The van der Waals surface area contributed by atoms with Crippen molar-refractivity contribution in [2.75, 3.05) is 0 Å². The first-order valence-corrected chi connectivity index (χ1v) is 3.03. The molecule has 0 saturated carbocycles. The third kappa shape index (κ3) is 3.82. The van der Waals surface area contributed by atoms with Crippen LogP contribution in [0.1, 0.15) is 20.8 Å². The van der Waals surface area contributed by atoms with Gasteiger partial charge in [0.25, 0.3) is 0 Å². The fourth-order valence-corrected chi connectivity index (χ4v) is 0.361. The highest BCUT2D eigenvalue weighted by molar-refractivity contribution is 5.64. The molecule has 0 radical (unpaired) electrons. The van der Waals surface area contributed by atoms with Gasteiger partial charge in [-0.2, -0.15) is 0 Å². The van der Waals surface area contributed by atoms with Crippen LogP contribution >= 0.6 is 0 Å². The van der Waals surface area contributed by atoms with Crippen LogP contribution in [0.15, 0.2) is 0 Å². The van der Waals surface area contributed by atoms with Crippen LogP contribution in [0.2, 0.25) is 0 Å². The van der Waals surface area contributed by atoms with Gasteiger partial charge in [0.2, 0.25) is 0 Å². The Morgan fingerprint density at radius 3 is 2.00 bits per heavy atom. The van der Waals surface area contributed by atoms with Gasteiger partial charge in [0.15, 0.2) is 0 Å². The van der Waals surface area contributed by atoms with E-state index in [2.05, 4.69) is 5.32 Å². The molecule has 0 aromatic rings. The predicted octanol–water partition coefficient (Wildman–Crippen LogP) is 1.30. The second-order valence-electron chi connectivity index (χ2n) is 2.48. The van der Waals surface area contributed by atoms with Gasteiger partial charge in [-0.1, -0.05) is 13.8 Å². The van der Waals surface area contributed by atoms with E-state index >= 15 is 0 Å². The first-order valence-electron chi connectivity index (χ1n) is 3.03. The van der Waals surface area contributed by atoms with E-state index in [1.807, 2.05) is 20.8 Å². The Balaban J connectivity index is 3.50. The average Bonchev–Trinajstić information content (AvgIpc) is 1.63. The Bertz CT molecular complexity index is 101. The summed E-state index contributed by atoms with van der Waals surface area (Å²) in [5.41, 5.74) is 0. The minimum absolute atomic E-state index is 0.0440. The molecule has 3 heteroatoms. The van der Waals surface area contributed by atoms with E-state index < -0.39 is 6.09 Å². The zero-order valence-electron chi connectivity index (χ0n) is 6.01. The molecule has 1 unspecified atom stereocenters. The second kappa shape index (κ2) is 3.33. The molecule has 0 fully saturated rings. The van der Waals surface area contributed by atoms with E-state index in [1.54, 1.807) is 0 Å². The quantitative estimate of drug-likeness (QED) is 0.593. The first-order chi connectivity index (χ1) is 4.04. The number of nitrogens with one attached hydrogen (secondary N) is 1. The highest BCUT2D eigenvalue weighted by Gasteiger charge is 2.07. The van der Waals surface area contributed by atoms with Crippen LogP contribution in [-0.4, -0.2) is 17.2 Å². The maximum Gasteiger partial charge on any atom is 0.404 e. The maximum absolute atomic E-state index is 10.0. The number of hydrogen-bond donors (Lipinski definition) is 2. The van der Waals surface area contributed by atoms with Crippen molar-refractivity contribution in [3.8, 4) is 0 Å². The van der Waals surface area contributed by atoms with E-state index in [4.69, 9.17) is 5.11 Å². The first kappa shape index (κ1) is 8.27. The van der Waals surface area contributed by atoms with Gasteiger partial charge < -0.3 is 10.4 Å². The lowest BCUT2D eigenvalue weighted by Gasteiger charge is -2.14. The minimum atomic E-state index is -0.948. The lowest BCUT2D eigenvalue weighted by Crippen LogP contribution is -2.34. The second-order valence-corrected chi connectivity index (χ2v) is 2.48. The van der Waals surface area contributed by atoms with Crippen LogP contribution < -0.4 is 5.32 Å². The van der Waals surface area contributed by atoms with Crippen molar-refractivity contribution >= 4 is 6.09 Å². The zero-order chi connectivity index (χ0) is 7.44. The Kier molecular flexibility index (Phi) is 3.06. The molecule has 0 aliphatic heterocycles. The van der Waals surface area contributed by atoms with E-state index in [9.17, 15) is 4.79 Å². The highest BCUT2D eigenvalue weighted by Crippen LogP contribution is 1.98. The van der Waals surface area contributed by atoms with Crippen molar-refractivity contribution in [2.24, 2.45) is 5.92 Å². The number of carboxylic acid groups (broad SMARTS) is 1. The van der Waals surface area contributed by atoms with Crippen molar-refractivity contribution in [1.82, 2.24) is 5.32 Å². The summed E-state index contributed by atoms with van der Waals surface area (Å²) in [6.07, 6.45) is -0.948. The summed E-state index contributed by atoms with van der Waals surface area (Å²) in [6.45, 7) is 5.79. The predicted molar refractivity (Wildman–Crippen MR) is 35.5 cm³/mol. The fraction of sp³-hybridized carbons (Fsp3) is 0.833. The monoisotopic (exact) mass is 131 g/mol. The third-order valence-electron chi connectivity index (χ3n) is 1.35. The molecule has 0 aliphatic rings. The van der Waals surface area contributed by atoms with Gasteiger partial charge in [-0.15, -0.1) is 0 Å². The van der Waals surface area contributed by atoms with E-state index in [1.165, 1.54) is 0 Å². The largest absolute Gasteiger partial charge is 0.465 e. The Labute approximate surface area is 55.1 Å². The summed E-state index contributed by atoms with van der Waals surface area (Å²) in [7, 11) is 0. The molecule has 0 aliphatic carbocycles. The molecule has 1 amide bonds. The lowest BCUT2D eigenvalue weighted by atomic mass is 10.1. The molecule has 1 atom stereocenters. The van der Waals surface area contributed by atoms with Gasteiger partial charge in [-0.05, 0) is 12.8 Å². The van der Waals surface area contributed by atoms with E-state index in [0.717, 1.165) is 0 Å². The molecule has 0 spiro atoms. The number of hydrogen-bond acceptors (Lipinski definition) is 1. The van der Waals surface area contributed by atoms with Crippen LogP contribution in [0.25, 0.3) is 0 Å². The van der Waals surface area contributed by atoms with Gasteiger partial charge in [-0.3, -0.25) is 0 Å². The van der Waals surface area contributed by atoms with Gasteiger partial charge in [0.05, 0.1) is 0 Å². The molecule has 0 rings (SSSR count). The van der Waals surface area contributed by atoms with Gasteiger partial charge >= 0.3 is 6.09 Å². The zero-order valence-corrected chi connectivity index (χ0v) is 6.01. The Morgan fingerprint density at radius 2 is 1.89 bits per heavy atom. The summed E-state index contributed by atoms with van der Waals surface area (Å²) in [5.74, 6) is 0.362. The standard InChI is InChI=1S/C6H13NO2/c1-4(2)5(3)7-6(8)9/h4-5,7H,1-3H3,(H,8,9).